The summed E-state index contributed by atoms with van der Waals surface area (Å²) < 4.78 is 40.8. The first-order chi connectivity index (χ1) is 8.29. The maximum absolute atomic E-state index is 13.5. The lowest BCUT2D eigenvalue weighted by Crippen LogP contribution is -2.21. The predicted octanol–water partition coefficient (Wildman–Crippen LogP) is 0.975. The molecular formula is C11H11FO5S. The van der Waals surface area contributed by atoms with Crippen molar-refractivity contribution < 1.29 is 27.1 Å². The van der Waals surface area contributed by atoms with Crippen LogP contribution in [-0.4, -0.2) is 33.0 Å². The fourth-order valence-corrected chi connectivity index (χ4v) is 2.22. The van der Waals surface area contributed by atoms with Crippen molar-refractivity contribution in [2.45, 2.75) is 11.8 Å². The number of carbonyl (C=O) groups excluding carboxylic acids is 2. The Morgan fingerprint density at radius 2 is 1.94 bits per heavy atom. The molecule has 0 aromatic heterocycles. The Morgan fingerprint density at radius 1 is 1.33 bits per heavy atom. The van der Waals surface area contributed by atoms with Gasteiger partial charge in [0, 0.05) is 6.26 Å². The van der Waals surface area contributed by atoms with Gasteiger partial charge in [0.15, 0.2) is 9.84 Å². The molecule has 0 unspecified atom stereocenters. The van der Waals surface area contributed by atoms with Crippen LogP contribution in [-0.2, 0) is 19.4 Å². The van der Waals surface area contributed by atoms with E-state index in [4.69, 9.17) is 0 Å². The van der Waals surface area contributed by atoms with Crippen LogP contribution in [0.4, 0.5) is 4.39 Å². The van der Waals surface area contributed by atoms with Crippen LogP contribution < -0.4 is 0 Å². The van der Waals surface area contributed by atoms with E-state index in [1.54, 1.807) is 0 Å². The van der Waals surface area contributed by atoms with Crippen molar-refractivity contribution in [3.63, 3.8) is 0 Å². The van der Waals surface area contributed by atoms with Gasteiger partial charge in [-0.3, -0.25) is 4.79 Å². The van der Waals surface area contributed by atoms with E-state index in [2.05, 4.69) is 4.74 Å². The Hall–Kier alpha value is -1.76. The van der Waals surface area contributed by atoms with Gasteiger partial charge in [0.25, 0.3) is 5.78 Å². The largest absolute Gasteiger partial charge is 0.460 e. The molecule has 18 heavy (non-hydrogen) atoms. The molecule has 0 heterocycles. The standard InChI is InChI=1S/C11H11FO5S/c1-3-17-11(14)10(13)9-7(12)5-4-6-8(9)18(2,15)16/h4-6H,3H2,1-2H3. The molecule has 0 saturated heterocycles. The number of rotatable bonds is 4. The van der Waals surface area contributed by atoms with Crippen molar-refractivity contribution in [1.29, 1.82) is 0 Å². The van der Waals surface area contributed by atoms with Gasteiger partial charge < -0.3 is 4.74 Å². The first kappa shape index (κ1) is 14.3. The maximum Gasteiger partial charge on any atom is 0.379 e. The zero-order chi connectivity index (χ0) is 13.9. The summed E-state index contributed by atoms with van der Waals surface area (Å²) in [6, 6.07) is 3.11. The third kappa shape index (κ3) is 2.92. The van der Waals surface area contributed by atoms with E-state index in [-0.39, 0.29) is 6.61 Å². The fourth-order valence-electron chi connectivity index (χ4n) is 1.33. The first-order valence-electron chi connectivity index (χ1n) is 4.99. The second-order valence-electron chi connectivity index (χ2n) is 3.43. The second kappa shape index (κ2) is 5.26. The summed E-state index contributed by atoms with van der Waals surface area (Å²) in [7, 11) is -3.82. The van der Waals surface area contributed by atoms with Crippen LogP contribution >= 0.6 is 0 Å². The average Bonchev–Trinajstić information content (AvgIpc) is 2.27. The molecule has 0 saturated carbocycles. The lowest BCUT2D eigenvalue weighted by atomic mass is 10.1. The lowest BCUT2D eigenvalue weighted by molar-refractivity contribution is -0.137. The van der Waals surface area contributed by atoms with Crippen molar-refractivity contribution in [2.24, 2.45) is 0 Å². The van der Waals surface area contributed by atoms with E-state index in [0.29, 0.717) is 0 Å². The summed E-state index contributed by atoms with van der Waals surface area (Å²) in [6.07, 6.45) is 0.823. The topological polar surface area (TPSA) is 77.5 Å². The highest BCUT2D eigenvalue weighted by Gasteiger charge is 2.28. The summed E-state index contributed by atoms with van der Waals surface area (Å²) in [5.74, 6) is -3.67. The molecule has 0 radical (unpaired) electrons. The minimum Gasteiger partial charge on any atom is -0.460 e. The molecule has 0 aliphatic heterocycles. The van der Waals surface area contributed by atoms with Crippen LogP contribution in [0.2, 0.25) is 0 Å². The molecule has 0 aliphatic rings. The number of hydrogen-bond acceptors (Lipinski definition) is 5. The molecule has 0 amide bonds. The predicted molar refractivity (Wildman–Crippen MR) is 60.5 cm³/mol. The third-order valence-electron chi connectivity index (χ3n) is 2.06. The van der Waals surface area contributed by atoms with Crippen molar-refractivity contribution in [1.82, 2.24) is 0 Å². The minimum atomic E-state index is -3.82. The summed E-state index contributed by atoms with van der Waals surface area (Å²) in [5, 5.41) is 0. The van der Waals surface area contributed by atoms with Crippen LogP contribution in [0.1, 0.15) is 17.3 Å². The van der Waals surface area contributed by atoms with Gasteiger partial charge in [0.1, 0.15) is 5.82 Å². The molecule has 1 aromatic rings. The molecule has 5 nitrogen and oxygen atoms in total. The van der Waals surface area contributed by atoms with Gasteiger partial charge in [-0.1, -0.05) is 6.07 Å². The molecule has 7 heteroatoms. The lowest BCUT2D eigenvalue weighted by Gasteiger charge is -2.07. The van der Waals surface area contributed by atoms with E-state index >= 15 is 0 Å². The van der Waals surface area contributed by atoms with Crippen molar-refractivity contribution in [2.75, 3.05) is 12.9 Å². The van der Waals surface area contributed by atoms with Crippen LogP contribution in [0.15, 0.2) is 23.1 Å². The van der Waals surface area contributed by atoms with Gasteiger partial charge in [-0.05, 0) is 19.1 Å². The highest BCUT2D eigenvalue weighted by atomic mass is 32.2. The summed E-state index contributed by atoms with van der Waals surface area (Å²) in [5.41, 5.74) is -0.779. The van der Waals surface area contributed by atoms with Crippen molar-refractivity contribution >= 4 is 21.6 Å². The van der Waals surface area contributed by atoms with Crippen molar-refractivity contribution in [3.05, 3.63) is 29.6 Å². The molecule has 0 spiro atoms. The molecule has 0 atom stereocenters. The van der Waals surface area contributed by atoms with Crippen molar-refractivity contribution in [3.8, 4) is 0 Å². The SMILES string of the molecule is CCOC(=O)C(=O)c1c(F)cccc1S(C)(=O)=O. The number of ether oxygens (including phenoxy) is 1. The highest BCUT2D eigenvalue weighted by Crippen LogP contribution is 2.20. The normalized spacial score (nSPS) is 11.1. The second-order valence-corrected chi connectivity index (χ2v) is 5.42. The van der Waals surface area contributed by atoms with Gasteiger partial charge in [-0.25, -0.2) is 17.6 Å². The number of halogens is 1. The molecule has 0 fully saturated rings. The van der Waals surface area contributed by atoms with E-state index in [0.717, 1.165) is 24.5 Å². The van der Waals surface area contributed by atoms with Crippen LogP contribution in [0.25, 0.3) is 0 Å². The van der Waals surface area contributed by atoms with E-state index in [1.807, 2.05) is 0 Å². The van der Waals surface area contributed by atoms with Crippen LogP contribution in [0.5, 0.6) is 0 Å². The number of carbonyl (C=O) groups is 2. The van der Waals surface area contributed by atoms with E-state index < -0.39 is 37.9 Å². The third-order valence-corrected chi connectivity index (χ3v) is 3.20. The number of benzene rings is 1. The van der Waals surface area contributed by atoms with Gasteiger partial charge in [-0.15, -0.1) is 0 Å². The number of esters is 1. The molecule has 1 aromatic carbocycles. The van der Waals surface area contributed by atoms with Gasteiger partial charge in [-0.2, -0.15) is 0 Å². The smallest absolute Gasteiger partial charge is 0.379 e. The van der Waals surface area contributed by atoms with Gasteiger partial charge >= 0.3 is 5.97 Å². The number of sulfone groups is 1. The number of ketones is 1. The summed E-state index contributed by atoms with van der Waals surface area (Å²) in [4.78, 5) is 22.4. The Kier molecular flexibility index (Phi) is 4.18. The zero-order valence-corrected chi connectivity index (χ0v) is 10.6. The van der Waals surface area contributed by atoms with Gasteiger partial charge in [0.2, 0.25) is 0 Å². The van der Waals surface area contributed by atoms with Crippen LogP contribution in [0.3, 0.4) is 0 Å². The van der Waals surface area contributed by atoms with E-state index in [1.165, 1.54) is 6.92 Å². The number of Topliss-reactive ketones (excluding diaryl/α,β-unsaturated/α-hetero) is 1. The van der Waals surface area contributed by atoms with E-state index in [9.17, 15) is 22.4 Å². The fraction of sp³-hybridized carbons (Fsp3) is 0.273. The maximum atomic E-state index is 13.5. The summed E-state index contributed by atoms with van der Waals surface area (Å²) in [6.45, 7) is 1.41. The first-order valence-corrected chi connectivity index (χ1v) is 6.88. The molecule has 0 aliphatic carbocycles. The Balaban J connectivity index is 3.40. The number of hydrogen-bond donors (Lipinski definition) is 0. The molecular weight excluding hydrogens is 263 g/mol. The Bertz CT molecular complexity index is 591. The monoisotopic (exact) mass is 274 g/mol. The molecule has 1 rings (SSSR count). The van der Waals surface area contributed by atoms with Gasteiger partial charge in [0.05, 0.1) is 17.1 Å². The summed E-state index contributed by atoms with van der Waals surface area (Å²) >= 11 is 0. The molecule has 0 bridgehead atoms. The molecule has 0 N–H and O–H groups in total. The molecule has 98 valence electrons. The minimum absolute atomic E-state index is 0.0623. The highest BCUT2D eigenvalue weighted by molar-refractivity contribution is 7.90. The zero-order valence-electron chi connectivity index (χ0n) is 9.77. The Labute approximate surface area is 103 Å². The van der Waals surface area contributed by atoms with Crippen LogP contribution in [0, 0.1) is 5.82 Å². The quantitative estimate of drug-likeness (QED) is 0.464. The Morgan fingerprint density at radius 3 is 2.44 bits per heavy atom. The average molecular weight is 274 g/mol.